The van der Waals surface area contributed by atoms with Crippen LogP contribution in [-0.4, -0.2) is 27.8 Å². The summed E-state index contributed by atoms with van der Waals surface area (Å²) >= 11 is 1.58. The quantitative estimate of drug-likeness (QED) is 0.506. The molecule has 0 fully saturated rings. The number of carbonyl (C=O) groups excluding carboxylic acids is 2. The van der Waals surface area contributed by atoms with Crippen molar-refractivity contribution in [2.75, 3.05) is 17.2 Å². The summed E-state index contributed by atoms with van der Waals surface area (Å²) in [5.41, 5.74) is 3.23. The van der Waals surface area contributed by atoms with Crippen molar-refractivity contribution in [3.63, 3.8) is 0 Å². The van der Waals surface area contributed by atoms with Gasteiger partial charge in [-0.15, -0.1) is 11.3 Å². The Bertz CT molecular complexity index is 1120. The molecule has 0 aliphatic heterocycles. The van der Waals surface area contributed by atoms with Crippen LogP contribution in [0.3, 0.4) is 0 Å². The Morgan fingerprint density at radius 2 is 1.72 bits per heavy atom. The zero-order chi connectivity index (χ0) is 20.2. The average Bonchev–Trinajstić information content (AvgIpc) is 3.30. The lowest BCUT2D eigenvalue weighted by atomic mass is 10.1. The summed E-state index contributed by atoms with van der Waals surface area (Å²) in [7, 11) is 0. The fourth-order valence-corrected chi connectivity index (χ4v) is 3.47. The molecule has 0 radical (unpaired) electrons. The molecule has 2 amide bonds. The molecule has 0 atom stereocenters. The van der Waals surface area contributed by atoms with E-state index in [1.165, 1.54) is 6.92 Å². The zero-order valence-electron chi connectivity index (χ0n) is 15.6. The number of anilines is 2. The lowest BCUT2D eigenvalue weighted by Gasteiger charge is -2.09. The first-order valence-corrected chi connectivity index (χ1v) is 9.78. The van der Waals surface area contributed by atoms with Gasteiger partial charge in [-0.25, -0.2) is 4.98 Å². The van der Waals surface area contributed by atoms with E-state index in [-0.39, 0.29) is 18.4 Å². The van der Waals surface area contributed by atoms with Crippen molar-refractivity contribution in [1.82, 2.24) is 9.38 Å². The van der Waals surface area contributed by atoms with Crippen molar-refractivity contribution in [2.45, 2.75) is 6.92 Å². The summed E-state index contributed by atoms with van der Waals surface area (Å²) in [4.78, 5) is 28.7. The van der Waals surface area contributed by atoms with Crippen molar-refractivity contribution in [3.8, 4) is 17.0 Å². The maximum atomic E-state index is 12.1. The van der Waals surface area contributed by atoms with Crippen LogP contribution in [0.2, 0.25) is 0 Å². The highest BCUT2D eigenvalue weighted by Gasteiger charge is 2.07. The molecule has 2 heterocycles. The molecule has 0 saturated heterocycles. The van der Waals surface area contributed by atoms with Gasteiger partial charge >= 0.3 is 0 Å². The van der Waals surface area contributed by atoms with Crippen LogP contribution in [-0.2, 0) is 9.59 Å². The van der Waals surface area contributed by atoms with E-state index in [4.69, 9.17) is 4.74 Å². The van der Waals surface area contributed by atoms with Gasteiger partial charge in [0.15, 0.2) is 11.6 Å². The number of amides is 2. The Hall–Kier alpha value is -3.65. The highest BCUT2D eigenvalue weighted by molar-refractivity contribution is 7.15. The van der Waals surface area contributed by atoms with E-state index >= 15 is 0 Å². The van der Waals surface area contributed by atoms with E-state index in [1.807, 2.05) is 46.4 Å². The van der Waals surface area contributed by atoms with Crippen LogP contribution >= 0.6 is 11.3 Å². The van der Waals surface area contributed by atoms with E-state index in [0.29, 0.717) is 17.1 Å². The minimum absolute atomic E-state index is 0.113. The van der Waals surface area contributed by atoms with Crippen molar-refractivity contribution >= 4 is 39.5 Å². The second kappa shape index (κ2) is 8.15. The lowest BCUT2D eigenvalue weighted by molar-refractivity contribution is -0.118. The third kappa shape index (κ3) is 4.61. The number of benzene rings is 2. The van der Waals surface area contributed by atoms with Gasteiger partial charge in [0.1, 0.15) is 5.75 Å². The van der Waals surface area contributed by atoms with Crippen LogP contribution in [0.25, 0.3) is 16.2 Å². The van der Waals surface area contributed by atoms with Crippen LogP contribution in [0, 0.1) is 0 Å². The molecule has 7 nitrogen and oxygen atoms in total. The highest BCUT2D eigenvalue weighted by Crippen LogP contribution is 2.23. The predicted octanol–water partition coefficient (Wildman–Crippen LogP) is 4.04. The molecule has 0 unspecified atom stereocenters. The smallest absolute Gasteiger partial charge is 0.262 e. The van der Waals surface area contributed by atoms with Gasteiger partial charge in [0, 0.05) is 41.6 Å². The molecule has 29 heavy (non-hydrogen) atoms. The van der Waals surface area contributed by atoms with Gasteiger partial charge in [0.05, 0.1) is 5.69 Å². The van der Waals surface area contributed by atoms with E-state index in [1.54, 1.807) is 35.6 Å². The number of hydrogen-bond acceptors (Lipinski definition) is 5. The van der Waals surface area contributed by atoms with Crippen LogP contribution in [0.4, 0.5) is 11.4 Å². The van der Waals surface area contributed by atoms with Crippen molar-refractivity contribution in [1.29, 1.82) is 0 Å². The maximum absolute atomic E-state index is 12.1. The molecule has 8 heteroatoms. The number of nitrogens with zero attached hydrogens (tertiary/aromatic N) is 2. The fourth-order valence-electron chi connectivity index (χ4n) is 2.77. The molecule has 0 bridgehead atoms. The van der Waals surface area contributed by atoms with Gasteiger partial charge in [-0.05, 0) is 36.4 Å². The van der Waals surface area contributed by atoms with Gasteiger partial charge in [-0.2, -0.15) is 0 Å². The van der Waals surface area contributed by atoms with E-state index < -0.39 is 0 Å². The van der Waals surface area contributed by atoms with Gasteiger partial charge in [0.2, 0.25) is 5.91 Å². The second-order valence-corrected chi connectivity index (χ2v) is 7.21. The van der Waals surface area contributed by atoms with Crippen molar-refractivity contribution in [2.24, 2.45) is 0 Å². The van der Waals surface area contributed by atoms with E-state index in [9.17, 15) is 9.59 Å². The number of thiazole rings is 1. The second-order valence-electron chi connectivity index (χ2n) is 6.34. The maximum Gasteiger partial charge on any atom is 0.262 e. The molecule has 2 aromatic heterocycles. The SMILES string of the molecule is CC(=O)Nc1ccc(OCC(=O)Nc2ccc(-c3cn4ccsc4n3)cc2)cc1. The van der Waals surface area contributed by atoms with Gasteiger partial charge in [-0.3, -0.25) is 14.0 Å². The van der Waals surface area contributed by atoms with E-state index in [0.717, 1.165) is 16.2 Å². The Kier molecular flexibility index (Phi) is 5.26. The predicted molar refractivity (Wildman–Crippen MR) is 113 cm³/mol. The first-order valence-electron chi connectivity index (χ1n) is 8.90. The minimum Gasteiger partial charge on any atom is -0.484 e. The highest BCUT2D eigenvalue weighted by atomic mass is 32.1. The standard InChI is InChI=1S/C21H18N4O3S/c1-14(26)22-16-6-8-18(9-7-16)28-13-20(27)23-17-4-2-15(3-5-17)19-12-25-10-11-29-21(25)24-19/h2-12H,13H2,1H3,(H,22,26)(H,23,27). The summed E-state index contributed by atoms with van der Waals surface area (Å²) < 4.78 is 7.46. The third-order valence-electron chi connectivity index (χ3n) is 4.10. The van der Waals surface area contributed by atoms with Gasteiger partial charge in [-0.1, -0.05) is 12.1 Å². The van der Waals surface area contributed by atoms with Gasteiger partial charge in [0.25, 0.3) is 5.91 Å². The summed E-state index contributed by atoms with van der Waals surface area (Å²) in [6, 6.07) is 14.3. The number of nitrogens with one attached hydrogen (secondary N) is 2. The summed E-state index contributed by atoms with van der Waals surface area (Å²) in [6.07, 6.45) is 3.95. The van der Waals surface area contributed by atoms with Crippen LogP contribution < -0.4 is 15.4 Å². The minimum atomic E-state index is -0.258. The molecule has 2 N–H and O–H groups in total. The van der Waals surface area contributed by atoms with E-state index in [2.05, 4.69) is 15.6 Å². The first-order chi connectivity index (χ1) is 14.1. The normalized spacial score (nSPS) is 10.7. The van der Waals surface area contributed by atoms with Gasteiger partial charge < -0.3 is 15.4 Å². The first kappa shape index (κ1) is 18.7. The van der Waals surface area contributed by atoms with Crippen molar-refractivity contribution in [3.05, 3.63) is 66.3 Å². The summed E-state index contributed by atoms with van der Waals surface area (Å²) in [6.45, 7) is 1.33. The number of rotatable bonds is 6. The largest absolute Gasteiger partial charge is 0.484 e. The number of aromatic nitrogens is 2. The molecule has 0 aliphatic carbocycles. The Morgan fingerprint density at radius 1 is 1.03 bits per heavy atom. The number of imidazole rings is 1. The Labute approximate surface area is 171 Å². The van der Waals surface area contributed by atoms with Crippen LogP contribution in [0.5, 0.6) is 5.75 Å². The molecule has 4 rings (SSSR count). The average molecular weight is 406 g/mol. The number of hydrogen-bond donors (Lipinski definition) is 2. The summed E-state index contributed by atoms with van der Waals surface area (Å²) in [5, 5.41) is 7.47. The number of ether oxygens (including phenoxy) is 1. The monoisotopic (exact) mass is 406 g/mol. The van der Waals surface area contributed by atoms with Crippen molar-refractivity contribution < 1.29 is 14.3 Å². The molecule has 146 valence electrons. The molecular formula is C21H18N4O3S. The lowest BCUT2D eigenvalue weighted by Crippen LogP contribution is -2.20. The Morgan fingerprint density at radius 3 is 2.41 bits per heavy atom. The molecule has 4 aromatic rings. The molecule has 2 aromatic carbocycles. The number of fused-ring (bicyclic) bond motifs is 1. The topological polar surface area (TPSA) is 84.7 Å². The summed E-state index contributed by atoms with van der Waals surface area (Å²) in [5.74, 6) is 0.146. The Balaban J connectivity index is 1.31. The van der Waals surface area contributed by atoms with Crippen LogP contribution in [0.15, 0.2) is 66.3 Å². The number of carbonyl (C=O) groups is 2. The zero-order valence-corrected chi connectivity index (χ0v) is 16.4. The molecule has 0 saturated carbocycles. The third-order valence-corrected chi connectivity index (χ3v) is 4.87. The molecule has 0 spiro atoms. The molecule has 0 aliphatic rings. The van der Waals surface area contributed by atoms with Crippen LogP contribution in [0.1, 0.15) is 6.92 Å². The fraction of sp³-hybridized carbons (Fsp3) is 0.0952. The molecular weight excluding hydrogens is 388 g/mol.